The topological polar surface area (TPSA) is 71.1 Å². The largest absolute Gasteiger partial charge is 0.445 e. The van der Waals surface area contributed by atoms with E-state index in [0.717, 1.165) is 18.4 Å². The zero-order valence-corrected chi connectivity index (χ0v) is 23.5. The molecule has 2 aliphatic rings. The highest BCUT2D eigenvalue weighted by molar-refractivity contribution is 5.71. The highest BCUT2D eigenvalue weighted by atomic mass is 16.6. The number of rotatable bonds is 8. The smallest absolute Gasteiger partial charge is 0.412 e. The van der Waals surface area contributed by atoms with Crippen molar-refractivity contribution in [1.82, 2.24) is 15.1 Å². The Hall–Kier alpha value is -4.62. The van der Waals surface area contributed by atoms with E-state index in [2.05, 4.69) is 83.0 Å². The molecule has 2 unspecified atom stereocenters. The van der Waals surface area contributed by atoms with Crippen molar-refractivity contribution in [3.05, 3.63) is 144 Å². The van der Waals surface area contributed by atoms with Gasteiger partial charge in [0.1, 0.15) is 6.61 Å². The first-order valence-corrected chi connectivity index (χ1v) is 14.5. The summed E-state index contributed by atoms with van der Waals surface area (Å²) in [5.74, 6) is 0. The Bertz CT molecular complexity index is 1360. The maximum Gasteiger partial charge on any atom is 0.412 e. The van der Waals surface area contributed by atoms with E-state index in [4.69, 9.17) is 9.47 Å². The number of likely N-dealkylation sites (tertiary alicyclic amines) is 1. The Balaban J connectivity index is 1.19. The van der Waals surface area contributed by atoms with Crippen LogP contribution in [0.5, 0.6) is 0 Å². The minimum atomic E-state index is -0.627. The lowest BCUT2D eigenvalue weighted by Gasteiger charge is -2.51. The van der Waals surface area contributed by atoms with Crippen LogP contribution < -0.4 is 5.32 Å². The maximum atomic E-state index is 13.3. The van der Waals surface area contributed by atoms with Crippen LogP contribution in [0.15, 0.2) is 121 Å². The molecule has 2 aliphatic heterocycles. The van der Waals surface area contributed by atoms with Gasteiger partial charge in [0.25, 0.3) is 0 Å². The number of fused-ring (bicyclic) bond motifs is 2. The van der Waals surface area contributed by atoms with Crippen molar-refractivity contribution in [2.24, 2.45) is 0 Å². The van der Waals surface area contributed by atoms with Crippen molar-refractivity contribution in [1.29, 1.82) is 0 Å². The summed E-state index contributed by atoms with van der Waals surface area (Å²) in [5, 5.41) is 2.53. The van der Waals surface area contributed by atoms with Crippen LogP contribution in [0.3, 0.4) is 0 Å². The monoisotopic (exact) mass is 561 g/mol. The Morgan fingerprint density at radius 3 is 1.60 bits per heavy atom. The fraction of sp³-hybridized carbons (Fsp3) is 0.257. The van der Waals surface area contributed by atoms with E-state index in [1.54, 1.807) is 0 Å². The predicted octanol–water partition coefficient (Wildman–Crippen LogP) is 6.15. The van der Waals surface area contributed by atoms with Crippen molar-refractivity contribution in [2.75, 3.05) is 19.8 Å². The molecule has 0 aromatic heterocycles. The van der Waals surface area contributed by atoms with Crippen LogP contribution in [0.2, 0.25) is 0 Å². The fourth-order valence-corrected chi connectivity index (χ4v) is 6.57. The first-order valence-electron chi connectivity index (χ1n) is 14.5. The zero-order chi connectivity index (χ0) is 28.8. The number of piperazine rings is 1. The van der Waals surface area contributed by atoms with Gasteiger partial charge >= 0.3 is 12.2 Å². The average molecular weight is 562 g/mol. The molecule has 42 heavy (non-hydrogen) atoms. The number of hydrogen-bond donors (Lipinski definition) is 1. The molecule has 2 fully saturated rings. The van der Waals surface area contributed by atoms with Crippen LogP contribution in [-0.2, 0) is 21.6 Å². The van der Waals surface area contributed by atoms with E-state index in [1.807, 2.05) is 53.4 Å². The van der Waals surface area contributed by atoms with Crippen LogP contribution >= 0.6 is 0 Å². The van der Waals surface area contributed by atoms with E-state index in [-0.39, 0.29) is 25.4 Å². The third-order valence-electron chi connectivity index (χ3n) is 8.37. The third kappa shape index (κ3) is 5.48. The van der Waals surface area contributed by atoms with Gasteiger partial charge in [-0.3, -0.25) is 15.1 Å². The van der Waals surface area contributed by atoms with Crippen LogP contribution in [-0.4, -0.2) is 53.9 Å². The number of ether oxygens (including phenoxy) is 2. The van der Waals surface area contributed by atoms with Crippen molar-refractivity contribution in [3.8, 4) is 0 Å². The average Bonchev–Trinajstić information content (AvgIpc) is 3.32. The molecular weight excluding hydrogens is 526 g/mol. The molecule has 4 aromatic rings. The molecule has 2 saturated heterocycles. The van der Waals surface area contributed by atoms with Gasteiger partial charge in [-0.1, -0.05) is 121 Å². The number of benzene rings is 4. The van der Waals surface area contributed by atoms with Gasteiger partial charge in [-0.05, 0) is 35.1 Å². The van der Waals surface area contributed by atoms with Crippen molar-refractivity contribution >= 4 is 12.2 Å². The van der Waals surface area contributed by atoms with Gasteiger partial charge in [0.2, 0.25) is 0 Å². The molecule has 7 nitrogen and oxygen atoms in total. The van der Waals surface area contributed by atoms with Gasteiger partial charge in [-0.2, -0.15) is 0 Å². The Labute approximate surface area is 246 Å². The molecule has 6 rings (SSSR count). The summed E-state index contributed by atoms with van der Waals surface area (Å²) in [6, 6.07) is 41.3. The molecule has 0 radical (unpaired) electrons. The summed E-state index contributed by atoms with van der Waals surface area (Å²) < 4.78 is 10.7. The first-order chi connectivity index (χ1) is 20.7. The summed E-state index contributed by atoms with van der Waals surface area (Å²) in [6.07, 6.45) is 0.766. The van der Waals surface area contributed by atoms with E-state index in [1.165, 1.54) is 16.7 Å². The summed E-state index contributed by atoms with van der Waals surface area (Å²) in [5.41, 5.74) is 3.94. The minimum Gasteiger partial charge on any atom is -0.445 e. The second-order valence-electron chi connectivity index (χ2n) is 10.8. The predicted molar refractivity (Wildman–Crippen MR) is 161 cm³/mol. The first kappa shape index (κ1) is 27.5. The molecule has 2 heterocycles. The van der Waals surface area contributed by atoms with Crippen LogP contribution in [0.1, 0.15) is 35.1 Å². The van der Waals surface area contributed by atoms with Gasteiger partial charge in [-0.25, -0.2) is 9.59 Å². The Morgan fingerprint density at radius 1 is 0.667 bits per heavy atom. The van der Waals surface area contributed by atoms with Crippen molar-refractivity contribution < 1.29 is 19.1 Å². The lowest BCUT2D eigenvalue weighted by Crippen LogP contribution is -2.62. The number of alkyl carbamates (subject to hydrolysis) is 1. The normalized spacial score (nSPS) is 18.3. The summed E-state index contributed by atoms with van der Waals surface area (Å²) >= 11 is 0. The van der Waals surface area contributed by atoms with E-state index in [0.29, 0.717) is 13.1 Å². The zero-order valence-electron chi connectivity index (χ0n) is 23.5. The van der Waals surface area contributed by atoms with Crippen LogP contribution in [0.4, 0.5) is 9.59 Å². The highest BCUT2D eigenvalue weighted by Crippen LogP contribution is 2.46. The third-order valence-corrected chi connectivity index (χ3v) is 8.37. The number of nitrogens with one attached hydrogen (secondary N) is 1. The summed E-state index contributed by atoms with van der Waals surface area (Å²) in [7, 11) is 0. The maximum absolute atomic E-state index is 13.3. The molecule has 7 heteroatoms. The molecule has 2 amide bonds. The molecular formula is C35H35N3O4. The molecule has 0 saturated carbocycles. The molecule has 2 bridgehead atoms. The van der Waals surface area contributed by atoms with Gasteiger partial charge in [0, 0.05) is 25.2 Å². The lowest BCUT2D eigenvalue weighted by molar-refractivity contribution is 0.0130. The molecule has 214 valence electrons. The lowest BCUT2D eigenvalue weighted by atomic mass is 9.75. The van der Waals surface area contributed by atoms with Gasteiger partial charge in [-0.15, -0.1) is 0 Å². The summed E-state index contributed by atoms with van der Waals surface area (Å²) in [4.78, 5) is 29.8. The van der Waals surface area contributed by atoms with Crippen molar-refractivity contribution in [2.45, 2.75) is 37.1 Å². The highest BCUT2D eigenvalue weighted by Gasteiger charge is 2.51. The standard InChI is InChI=1S/C35H35N3O4/c39-33(41-25-27-13-5-1-6-14-27)36-26-42-34(40)38-31-21-22-32(38)24-37(23-31)35(28-15-7-2-8-16-28,29-17-9-3-10-18-29)30-19-11-4-12-20-30/h1-20,31-32H,21-26H2,(H,36,39). The number of carbonyl (C=O) groups is 2. The molecule has 0 aliphatic carbocycles. The molecule has 1 N–H and O–H groups in total. The molecule has 0 spiro atoms. The molecule has 2 atom stereocenters. The SMILES string of the molecule is O=C(NCOC(=O)N1C2CCC1CN(C(c1ccccc1)(c1ccccc1)c1ccccc1)C2)OCc1ccccc1. The second kappa shape index (κ2) is 12.5. The molecule has 4 aromatic carbocycles. The minimum absolute atomic E-state index is 0.00297. The fourth-order valence-electron chi connectivity index (χ4n) is 6.57. The number of carbonyl (C=O) groups excluding carboxylic acids is 2. The summed E-state index contributed by atoms with van der Waals surface area (Å²) in [6.45, 7) is 1.29. The number of amides is 2. The Kier molecular flexibility index (Phi) is 8.19. The van der Waals surface area contributed by atoms with Crippen LogP contribution in [0, 0.1) is 0 Å². The van der Waals surface area contributed by atoms with Crippen molar-refractivity contribution in [3.63, 3.8) is 0 Å². The van der Waals surface area contributed by atoms with Gasteiger partial charge < -0.3 is 9.47 Å². The van der Waals surface area contributed by atoms with E-state index < -0.39 is 17.7 Å². The van der Waals surface area contributed by atoms with E-state index in [9.17, 15) is 9.59 Å². The van der Waals surface area contributed by atoms with Gasteiger partial charge in [0.15, 0.2) is 6.73 Å². The number of hydrogen-bond acceptors (Lipinski definition) is 5. The van der Waals surface area contributed by atoms with Crippen LogP contribution in [0.25, 0.3) is 0 Å². The quantitative estimate of drug-likeness (QED) is 0.207. The van der Waals surface area contributed by atoms with Gasteiger partial charge in [0.05, 0.1) is 5.54 Å². The second-order valence-corrected chi connectivity index (χ2v) is 10.8. The Morgan fingerprint density at radius 2 is 1.12 bits per heavy atom. The van der Waals surface area contributed by atoms with E-state index >= 15 is 0 Å². The number of nitrogens with zero attached hydrogens (tertiary/aromatic N) is 2.